The van der Waals surface area contributed by atoms with Gasteiger partial charge < -0.3 is 16.0 Å². The van der Waals surface area contributed by atoms with Crippen LogP contribution in [0.2, 0.25) is 0 Å². The van der Waals surface area contributed by atoms with E-state index in [0.29, 0.717) is 12.5 Å². The Kier molecular flexibility index (Phi) is 7.33. The number of rotatable bonds is 5. The fourth-order valence-corrected chi connectivity index (χ4v) is 2.29. The van der Waals surface area contributed by atoms with E-state index in [1.54, 1.807) is 7.05 Å². The van der Waals surface area contributed by atoms with Crippen LogP contribution in [0, 0.1) is 0 Å². The second-order valence-electron chi connectivity index (χ2n) is 5.24. The molecule has 1 aromatic carbocycles. The highest BCUT2D eigenvalue weighted by molar-refractivity contribution is 14.0. The van der Waals surface area contributed by atoms with Gasteiger partial charge in [-0.1, -0.05) is 24.3 Å². The van der Waals surface area contributed by atoms with Gasteiger partial charge in [-0.15, -0.1) is 34.2 Å². The number of guanidine groups is 1. The average molecular weight is 465 g/mol. The van der Waals surface area contributed by atoms with Crippen LogP contribution in [0.5, 0.6) is 0 Å². The minimum absolute atomic E-state index is 0. The van der Waals surface area contributed by atoms with E-state index >= 15 is 0 Å². The Morgan fingerprint density at radius 2 is 1.85 bits per heavy atom. The molecule has 0 bridgehead atoms. The number of fused-ring (bicyclic) bond motifs is 1. The highest BCUT2D eigenvalue weighted by Gasteiger charge is 2.07. The third-order valence-corrected chi connectivity index (χ3v) is 3.50. The predicted molar refractivity (Wildman–Crippen MR) is 112 cm³/mol. The van der Waals surface area contributed by atoms with E-state index < -0.39 is 0 Å². The van der Waals surface area contributed by atoms with Crippen molar-refractivity contribution in [1.82, 2.24) is 25.2 Å². The van der Waals surface area contributed by atoms with E-state index in [9.17, 15) is 4.79 Å². The first-order valence-corrected chi connectivity index (χ1v) is 7.84. The third-order valence-electron chi connectivity index (χ3n) is 3.50. The number of anilines is 1. The third kappa shape index (κ3) is 5.15. The molecule has 0 aliphatic heterocycles. The van der Waals surface area contributed by atoms with Crippen molar-refractivity contribution in [2.45, 2.75) is 6.54 Å². The van der Waals surface area contributed by atoms with Crippen molar-refractivity contribution in [3.05, 3.63) is 60.6 Å². The fourth-order valence-electron chi connectivity index (χ4n) is 2.29. The molecule has 3 rings (SSSR count). The molecule has 0 saturated carbocycles. The molecule has 0 aliphatic carbocycles. The van der Waals surface area contributed by atoms with Crippen LogP contribution in [0.3, 0.4) is 0 Å². The maximum atomic E-state index is 12.0. The largest absolute Gasteiger partial charge is 0.349 e. The number of nitrogens with zero attached hydrogens (tertiary/aromatic N) is 4. The Labute approximate surface area is 168 Å². The minimum Gasteiger partial charge on any atom is -0.349 e. The Morgan fingerprint density at radius 1 is 1.08 bits per heavy atom. The average Bonchev–Trinajstić information content (AvgIpc) is 3.06. The van der Waals surface area contributed by atoms with Crippen molar-refractivity contribution in [2.75, 3.05) is 18.9 Å². The summed E-state index contributed by atoms with van der Waals surface area (Å²) in [6, 6.07) is 15.0. The first kappa shape index (κ1) is 19.6. The summed E-state index contributed by atoms with van der Waals surface area (Å²) >= 11 is 0. The van der Waals surface area contributed by atoms with Crippen LogP contribution < -0.4 is 16.0 Å². The van der Waals surface area contributed by atoms with Crippen molar-refractivity contribution in [1.29, 1.82) is 0 Å². The number of pyridine rings is 1. The van der Waals surface area contributed by atoms with Gasteiger partial charge in [-0.3, -0.25) is 14.2 Å². The Bertz CT molecular complexity index is 879. The highest BCUT2D eigenvalue weighted by Crippen LogP contribution is 2.04. The zero-order chi connectivity index (χ0) is 17.5. The molecule has 8 nitrogen and oxygen atoms in total. The van der Waals surface area contributed by atoms with E-state index in [1.807, 2.05) is 59.1 Å². The van der Waals surface area contributed by atoms with Crippen LogP contribution in [0.25, 0.3) is 5.65 Å². The number of aliphatic imine (C=N–C) groups is 1. The van der Waals surface area contributed by atoms with Gasteiger partial charge in [0.1, 0.15) is 0 Å². The van der Waals surface area contributed by atoms with Gasteiger partial charge in [-0.25, -0.2) is 0 Å². The maximum Gasteiger partial charge on any atom is 0.243 e. The van der Waals surface area contributed by atoms with Crippen LogP contribution in [-0.4, -0.2) is 40.1 Å². The molecule has 0 spiro atoms. The smallest absolute Gasteiger partial charge is 0.243 e. The molecular weight excluding hydrogens is 445 g/mol. The number of hydrogen-bond donors (Lipinski definition) is 3. The van der Waals surface area contributed by atoms with Gasteiger partial charge in [0.05, 0.1) is 13.1 Å². The molecule has 0 aliphatic rings. The number of carbonyl (C=O) groups excluding carboxylic acids is 1. The number of nitrogens with one attached hydrogen (secondary N) is 3. The number of hydrogen-bond acceptors (Lipinski definition) is 4. The summed E-state index contributed by atoms with van der Waals surface area (Å²) in [7, 11) is 1.65. The lowest BCUT2D eigenvalue weighted by molar-refractivity contribution is -0.115. The monoisotopic (exact) mass is 465 g/mol. The number of benzene rings is 1. The van der Waals surface area contributed by atoms with Crippen LogP contribution in [-0.2, 0) is 11.3 Å². The molecule has 136 valence electrons. The Balaban J connectivity index is 0.00000243. The van der Waals surface area contributed by atoms with Crippen molar-refractivity contribution in [3.8, 4) is 0 Å². The molecular formula is C17H20IN7O. The summed E-state index contributed by atoms with van der Waals surface area (Å²) in [5, 5.41) is 17.1. The lowest BCUT2D eigenvalue weighted by Crippen LogP contribution is -2.41. The molecule has 0 fully saturated rings. The van der Waals surface area contributed by atoms with Gasteiger partial charge in [-0.05, 0) is 24.3 Å². The summed E-state index contributed by atoms with van der Waals surface area (Å²) in [6.07, 6.45) is 1.90. The van der Waals surface area contributed by atoms with E-state index in [1.165, 1.54) is 0 Å². The van der Waals surface area contributed by atoms with E-state index in [0.717, 1.165) is 17.2 Å². The zero-order valence-corrected chi connectivity index (χ0v) is 16.5. The molecule has 2 aromatic heterocycles. The highest BCUT2D eigenvalue weighted by atomic mass is 127. The zero-order valence-electron chi connectivity index (χ0n) is 14.2. The Morgan fingerprint density at radius 3 is 2.62 bits per heavy atom. The fraction of sp³-hybridized carbons (Fsp3) is 0.176. The Hall–Kier alpha value is -2.69. The quantitative estimate of drug-likeness (QED) is 0.303. The van der Waals surface area contributed by atoms with Crippen LogP contribution >= 0.6 is 24.0 Å². The SMILES string of the molecule is CN=C(NCC(=O)Nc1ccccc1)NCc1nnc2ccccn12.I. The second kappa shape index (κ2) is 9.70. The van der Waals surface area contributed by atoms with Crippen LogP contribution in [0.15, 0.2) is 59.7 Å². The number of halogens is 1. The van der Waals surface area contributed by atoms with Gasteiger partial charge in [0.2, 0.25) is 5.91 Å². The first-order valence-electron chi connectivity index (χ1n) is 7.84. The van der Waals surface area contributed by atoms with Gasteiger partial charge in [0, 0.05) is 18.9 Å². The van der Waals surface area contributed by atoms with E-state index in [4.69, 9.17) is 0 Å². The van der Waals surface area contributed by atoms with Crippen molar-refractivity contribution >= 4 is 47.2 Å². The lowest BCUT2D eigenvalue weighted by atomic mass is 10.3. The molecule has 0 unspecified atom stereocenters. The van der Waals surface area contributed by atoms with Gasteiger partial charge >= 0.3 is 0 Å². The molecule has 0 atom stereocenters. The molecule has 3 aromatic rings. The summed E-state index contributed by atoms with van der Waals surface area (Å²) < 4.78 is 1.89. The van der Waals surface area contributed by atoms with Crippen LogP contribution in [0.4, 0.5) is 5.69 Å². The number of aromatic nitrogens is 3. The number of carbonyl (C=O) groups is 1. The standard InChI is InChI=1S/C17H19N7O.HI/c1-18-17(20-12-16(25)21-13-7-3-2-4-8-13)19-11-15-23-22-14-9-5-6-10-24(14)15;/h2-10H,11-12H2,1H3,(H,21,25)(H2,18,19,20);1H. The maximum absolute atomic E-state index is 12.0. The normalized spacial score (nSPS) is 10.9. The molecule has 3 N–H and O–H groups in total. The van der Waals surface area contributed by atoms with E-state index in [2.05, 4.69) is 31.1 Å². The summed E-state index contributed by atoms with van der Waals surface area (Å²) in [5.41, 5.74) is 1.54. The molecule has 0 saturated heterocycles. The van der Waals surface area contributed by atoms with Gasteiger partial charge in [-0.2, -0.15) is 0 Å². The summed E-state index contributed by atoms with van der Waals surface area (Å²) in [6.45, 7) is 0.542. The summed E-state index contributed by atoms with van der Waals surface area (Å²) in [5.74, 6) is 1.12. The first-order chi connectivity index (χ1) is 12.3. The van der Waals surface area contributed by atoms with Crippen molar-refractivity contribution in [3.63, 3.8) is 0 Å². The lowest BCUT2D eigenvalue weighted by Gasteiger charge is -2.11. The van der Waals surface area contributed by atoms with Crippen molar-refractivity contribution < 1.29 is 4.79 Å². The second-order valence-corrected chi connectivity index (χ2v) is 5.24. The van der Waals surface area contributed by atoms with Gasteiger partial charge in [0.25, 0.3) is 0 Å². The predicted octanol–water partition coefficient (Wildman–Crippen LogP) is 1.65. The summed E-state index contributed by atoms with van der Waals surface area (Å²) in [4.78, 5) is 16.1. The van der Waals surface area contributed by atoms with Gasteiger partial charge in [0.15, 0.2) is 17.4 Å². The molecule has 26 heavy (non-hydrogen) atoms. The van der Waals surface area contributed by atoms with E-state index in [-0.39, 0.29) is 36.4 Å². The van der Waals surface area contributed by atoms with Crippen molar-refractivity contribution in [2.24, 2.45) is 4.99 Å². The molecule has 1 amide bonds. The number of para-hydroxylation sites is 1. The molecule has 2 heterocycles. The molecule has 0 radical (unpaired) electrons. The minimum atomic E-state index is -0.151. The number of amides is 1. The topological polar surface area (TPSA) is 95.7 Å². The van der Waals surface area contributed by atoms with Crippen LogP contribution in [0.1, 0.15) is 5.82 Å². The molecule has 9 heteroatoms.